The molecule has 2 N–H and O–H groups in total. The standard InChI is InChI=1S/C28H26ClIN2O4/c1-17(16-30)7-8-18-9-14-23-22(15-18)27(34)32(25(28(35)36)19-5-3-2-4-6-19)24(26(33)31-23)20-10-12-21(29)13-11-20/h2-6,9-15,17,24-25H,7-8,16H2,1H3,(H,31,33)(H,35,36). The first-order chi connectivity index (χ1) is 17.3. The number of amides is 2. The van der Waals surface area contributed by atoms with Gasteiger partial charge in [-0.3, -0.25) is 9.59 Å². The van der Waals surface area contributed by atoms with Crippen molar-refractivity contribution in [1.82, 2.24) is 4.90 Å². The minimum Gasteiger partial charge on any atom is -0.479 e. The highest BCUT2D eigenvalue weighted by Gasteiger charge is 2.43. The Balaban J connectivity index is 1.86. The van der Waals surface area contributed by atoms with Crippen molar-refractivity contribution >= 4 is 57.7 Å². The van der Waals surface area contributed by atoms with Crippen LogP contribution in [0.4, 0.5) is 5.69 Å². The summed E-state index contributed by atoms with van der Waals surface area (Å²) in [5, 5.41) is 13.6. The van der Waals surface area contributed by atoms with E-state index in [4.69, 9.17) is 11.6 Å². The highest BCUT2D eigenvalue weighted by atomic mass is 127. The fourth-order valence-electron chi connectivity index (χ4n) is 4.39. The van der Waals surface area contributed by atoms with Gasteiger partial charge in [0.15, 0.2) is 6.04 Å². The Labute approximate surface area is 228 Å². The highest BCUT2D eigenvalue weighted by molar-refractivity contribution is 14.1. The SMILES string of the molecule is CC(CI)CCc1ccc2c(c1)C(=O)N(C(C(=O)O)c1ccccc1)C(c1ccc(Cl)cc1)C(=O)N2. The summed E-state index contributed by atoms with van der Waals surface area (Å²) in [7, 11) is 0. The molecule has 0 fully saturated rings. The summed E-state index contributed by atoms with van der Waals surface area (Å²) in [5.41, 5.74) is 2.48. The van der Waals surface area contributed by atoms with Gasteiger partial charge in [0, 0.05) is 9.45 Å². The molecule has 0 spiro atoms. The van der Waals surface area contributed by atoms with E-state index in [9.17, 15) is 19.5 Å². The Morgan fingerprint density at radius 2 is 1.78 bits per heavy atom. The number of carbonyl (C=O) groups excluding carboxylic acids is 2. The van der Waals surface area contributed by atoms with Gasteiger partial charge in [0.2, 0.25) is 0 Å². The molecule has 1 heterocycles. The van der Waals surface area contributed by atoms with Crippen molar-refractivity contribution in [2.45, 2.75) is 31.8 Å². The monoisotopic (exact) mass is 616 g/mol. The summed E-state index contributed by atoms with van der Waals surface area (Å²) in [6, 6.07) is 17.9. The third kappa shape index (κ3) is 5.57. The molecule has 3 atom stereocenters. The number of nitrogens with zero attached hydrogens (tertiary/aromatic N) is 1. The zero-order chi connectivity index (χ0) is 25.8. The number of carbonyl (C=O) groups is 3. The van der Waals surface area contributed by atoms with E-state index < -0.39 is 29.9 Å². The van der Waals surface area contributed by atoms with Crippen LogP contribution in [-0.4, -0.2) is 32.2 Å². The summed E-state index contributed by atoms with van der Waals surface area (Å²) in [4.78, 5) is 41.5. The van der Waals surface area contributed by atoms with Gasteiger partial charge < -0.3 is 15.3 Å². The van der Waals surface area contributed by atoms with Gasteiger partial charge in [-0.15, -0.1) is 0 Å². The number of nitrogens with one attached hydrogen (secondary N) is 1. The van der Waals surface area contributed by atoms with Crippen LogP contribution in [0.5, 0.6) is 0 Å². The molecule has 8 heteroatoms. The van der Waals surface area contributed by atoms with Crippen molar-refractivity contribution in [3.8, 4) is 0 Å². The van der Waals surface area contributed by atoms with E-state index >= 15 is 0 Å². The van der Waals surface area contributed by atoms with E-state index in [-0.39, 0.29) is 5.56 Å². The maximum Gasteiger partial charge on any atom is 0.331 e. The first kappa shape index (κ1) is 26.2. The van der Waals surface area contributed by atoms with Gasteiger partial charge in [0.05, 0.1) is 11.3 Å². The predicted octanol–water partition coefficient (Wildman–Crippen LogP) is 6.31. The van der Waals surface area contributed by atoms with E-state index in [1.807, 2.05) is 6.07 Å². The van der Waals surface area contributed by atoms with Crippen LogP contribution in [0, 0.1) is 5.92 Å². The molecule has 186 valence electrons. The van der Waals surface area contributed by atoms with Crippen molar-refractivity contribution in [2.75, 3.05) is 9.74 Å². The van der Waals surface area contributed by atoms with Crippen LogP contribution in [0.1, 0.15) is 52.5 Å². The van der Waals surface area contributed by atoms with Crippen molar-refractivity contribution in [2.24, 2.45) is 5.92 Å². The Kier molecular flexibility index (Phi) is 8.31. The van der Waals surface area contributed by atoms with Crippen LogP contribution in [0.25, 0.3) is 0 Å². The van der Waals surface area contributed by atoms with Crippen molar-refractivity contribution < 1.29 is 19.5 Å². The van der Waals surface area contributed by atoms with Crippen LogP contribution < -0.4 is 5.32 Å². The van der Waals surface area contributed by atoms with E-state index in [1.165, 1.54) is 4.90 Å². The number of hydrogen-bond acceptors (Lipinski definition) is 3. The van der Waals surface area contributed by atoms with Crippen LogP contribution in [0.3, 0.4) is 0 Å². The van der Waals surface area contributed by atoms with Crippen molar-refractivity contribution in [3.63, 3.8) is 0 Å². The largest absolute Gasteiger partial charge is 0.479 e. The lowest BCUT2D eigenvalue weighted by Gasteiger charge is -2.34. The molecule has 4 rings (SSSR count). The Bertz CT molecular complexity index is 1270. The molecule has 6 nitrogen and oxygen atoms in total. The number of aliphatic carboxylic acids is 1. The van der Waals surface area contributed by atoms with Gasteiger partial charge in [-0.25, -0.2) is 4.79 Å². The van der Waals surface area contributed by atoms with Gasteiger partial charge in [-0.05, 0) is 59.7 Å². The van der Waals surface area contributed by atoms with Gasteiger partial charge in [0.25, 0.3) is 11.8 Å². The number of rotatable bonds is 8. The average Bonchev–Trinajstić information content (AvgIpc) is 2.98. The zero-order valence-corrected chi connectivity index (χ0v) is 22.6. The molecule has 0 bridgehead atoms. The molecule has 0 radical (unpaired) electrons. The minimum absolute atomic E-state index is 0.279. The highest BCUT2D eigenvalue weighted by Crippen LogP contribution is 2.38. The number of carboxylic acids is 1. The fourth-order valence-corrected chi connectivity index (χ4v) is 4.95. The molecule has 3 aromatic carbocycles. The summed E-state index contributed by atoms with van der Waals surface area (Å²) in [6.07, 6.45) is 1.74. The van der Waals surface area contributed by atoms with Gasteiger partial charge in [0.1, 0.15) is 6.04 Å². The molecule has 3 aromatic rings. The lowest BCUT2D eigenvalue weighted by atomic mass is 9.97. The third-order valence-electron chi connectivity index (χ3n) is 6.34. The lowest BCUT2D eigenvalue weighted by Crippen LogP contribution is -2.44. The van der Waals surface area contributed by atoms with E-state index in [1.54, 1.807) is 66.7 Å². The molecule has 1 aliphatic rings. The quantitative estimate of drug-likeness (QED) is 0.230. The number of carboxylic acid groups (broad SMARTS) is 1. The number of benzene rings is 3. The first-order valence-electron chi connectivity index (χ1n) is 11.7. The second-order valence-corrected chi connectivity index (χ2v) is 10.3. The van der Waals surface area contributed by atoms with Gasteiger partial charge in [-0.1, -0.05) is 89.6 Å². The fraction of sp³-hybridized carbons (Fsp3) is 0.250. The van der Waals surface area contributed by atoms with E-state index in [0.29, 0.717) is 27.8 Å². The molecule has 1 aliphatic heterocycles. The maximum atomic E-state index is 14.1. The Hall–Kier alpha value is -2.91. The number of hydrogen-bond donors (Lipinski definition) is 2. The summed E-state index contributed by atoms with van der Waals surface area (Å²) in [6.45, 7) is 2.18. The minimum atomic E-state index is -1.38. The molecule has 3 unspecified atom stereocenters. The topological polar surface area (TPSA) is 86.7 Å². The summed E-state index contributed by atoms with van der Waals surface area (Å²) >= 11 is 8.43. The van der Waals surface area contributed by atoms with Crippen LogP contribution in [-0.2, 0) is 16.0 Å². The van der Waals surface area contributed by atoms with Gasteiger partial charge >= 0.3 is 5.97 Å². The molecular formula is C28H26ClIN2O4. The van der Waals surface area contributed by atoms with Crippen LogP contribution in [0.2, 0.25) is 5.02 Å². The van der Waals surface area contributed by atoms with Crippen molar-refractivity contribution in [3.05, 3.63) is 100 Å². The van der Waals surface area contributed by atoms with E-state index in [0.717, 1.165) is 22.8 Å². The zero-order valence-electron chi connectivity index (χ0n) is 19.7. The average molecular weight is 617 g/mol. The van der Waals surface area contributed by atoms with E-state index in [2.05, 4.69) is 34.8 Å². The smallest absolute Gasteiger partial charge is 0.331 e. The number of fused-ring (bicyclic) bond motifs is 1. The summed E-state index contributed by atoms with van der Waals surface area (Å²) < 4.78 is 1.03. The number of anilines is 1. The normalized spacial score (nSPS) is 17.1. The second-order valence-electron chi connectivity index (χ2n) is 8.99. The Morgan fingerprint density at radius 1 is 1.08 bits per heavy atom. The maximum absolute atomic E-state index is 14.1. The van der Waals surface area contributed by atoms with Gasteiger partial charge in [-0.2, -0.15) is 0 Å². The Morgan fingerprint density at radius 3 is 2.42 bits per heavy atom. The van der Waals surface area contributed by atoms with Crippen LogP contribution in [0.15, 0.2) is 72.8 Å². The molecule has 0 aliphatic carbocycles. The van der Waals surface area contributed by atoms with Crippen molar-refractivity contribution in [1.29, 1.82) is 0 Å². The predicted molar refractivity (Wildman–Crippen MR) is 149 cm³/mol. The lowest BCUT2D eigenvalue weighted by molar-refractivity contribution is -0.144. The molecule has 0 saturated heterocycles. The number of aryl methyl sites for hydroxylation is 1. The molecule has 0 saturated carbocycles. The molecule has 2 amide bonds. The van der Waals surface area contributed by atoms with Crippen LogP contribution >= 0.6 is 34.2 Å². The molecular weight excluding hydrogens is 591 g/mol. The summed E-state index contributed by atoms with van der Waals surface area (Å²) in [5.74, 6) is -1.71. The second kappa shape index (κ2) is 11.4. The molecule has 0 aromatic heterocycles. The first-order valence-corrected chi connectivity index (χ1v) is 13.6. The molecule has 36 heavy (non-hydrogen) atoms. The number of halogens is 2. The number of alkyl halides is 1. The third-order valence-corrected chi connectivity index (χ3v) is 8.09.